The molecule has 3 aromatic rings. The summed E-state index contributed by atoms with van der Waals surface area (Å²) in [5.41, 5.74) is 1.99. The minimum absolute atomic E-state index is 0.0493. The number of aromatic nitrogens is 3. The Bertz CT molecular complexity index is 1020. The van der Waals surface area contributed by atoms with Gasteiger partial charge in [-0.25, -0.2) is 0 Å². The number of hydrogen-bond donors (Lipinski definition) is 1. The number of rotatable bonds is 8. The predicted octanol–water partition coefficient (Wildman–Crippen LogP) is 3.72. The Morgan fingerprint density at radius 3 is 2.56 bits per heavy atom. The zero-order chi connectivity index (χ0) is 22.3. The van der Waals surface area contributed by atoms with Gasteiger partial charge in [-0.15, -0.1) is 10.2 Å². The van der Waals surface area contributed by atoms with E-state index in [1.165, 1.54) is 11.8 Å². The SMILES string of the molecule is C[C@H](NC(=O)CSc1nnc(CN2CCOCC2)n1-c1ccc(Cl)cc1)c1ccccc1. The number of hydrogen-bond acceptors (Lipinski definition) is 6. The van der Waals surface area contributed by atoms with Crippen LogP contribution in [0.1, 0.15) is 24.4 Å². The first-order chi connectivity index (χ1) is 15.6. The smallest absolute Gasteiger partial charge is 0.230 e. The minimum atomic E-state index is -0.0599. The molecule has 0 unspecified atom stereocenters. The van der Waals surface area contributed by atoms with Gasteiger partial charge < -0.3 is 10.1 Å². The van der Waals surface area contributed by atoms with Gasteiger partial charge in [0.15, 0.2) is 11.0 Å². The highest BCUT2D eigenvalue weighted by Gasteiger charge is 2.20. The Morgan fingerprint density at radius 2 is 1.84 bits per heavy atom. The van der Waals surface area contributed by atoms with Gasteiger partial charge >= 0.3 is 0 Å². The highest BCUT2D eigenvalue weighted by Crippen LogP contribution is 2.24. The lowest BCUT2D eigenvalue weighted by Gasteiger charge is -2.26. The molecular weight excluding hydrogens is 446 g/mol. The monoisotopic (exact) mass is 471 g/mol. The Hall–Kier alpha value is -2.39. The Morgan fingerprint density at radius 1 is 1.12 bits per heavy atom. The summed E-state index contributed by atoms with van der Waals surface area (Å²) in [7, 11) is 0. The van der Waals surface area contributed by atoms with Gasteiger partial charge in [0, 0.05) is 23.8 Å². The van der Waals surface area contributed by atoms with E-state index >= 15 is 0 Å². The quantitative estimate of drug-likeness (QED) is 0.505. The number of nitrogens with one attached hydrogen (secondary N) is 1. The number of halogens is 1. The second kappa shape index (κ2) is 11.0. The molecule has 1 aromatic heterocycles. The maximum absolute atomic E-state index is 12.6. The summed E-state index contributed by atoms with van der Waals surface area (Å²) in [5, 5.41) is 13.2. The zero-order valence-corrected chi connectivity index (χ0v) is 19.5. The summed E-state index contributed by atoms with van der Waals surface area (Å²) in [6.07, 6.45) is 0. The topological polar surface area (TPSA) is 72.3 Å². The molecule has 32 heavy (non-hydrogen) atoms. The van der Waals surface area contributed by atoms with Crippen LogP contribution in [0.3, 0.4) is 0 Å². The van der Waals surface area contributed by atoms with Crippen LogP contribution in [0, 0.1) is 0 Å². The summed E-state index contributed by atoms with van der Waals surface area (Å²) in [4.78, 5) is 14.9. The molecule has 9 heteroatoms. The van der Waals surface area contributed by atoms with Crippen LogP contribution in [-0.2, 0) is 16.1 Å². The number of carbonyl (C=O) groups is 1. The van der Waals surface area contributed by atoms with Crippen molar-refractivity contribution in [1.82, 2.24) is 25.0 Å². The third-order valence-corrected chi connectivity index (χ3v) is 6.44. The van der Waals surface area contributed by atoms with Gasteiger partial charge in [0.1, 0.15) is 0 Å². The zero-order valence-electron chi connectivity index (χ0n) is 17.9. The number of nitrogens with zero attached hydrogens (tertiary/aromatic N) is 4. The molecule has 7 nitrogen and oxygen atoms in total. The van der Waals surface area contributed by atoms with Crippen molar-refractivity contribution < 1.29 is 9.53 Å². The second-order valence-electron chi connectivity index (χ2n) is 7.59. The third-order valence-electron chi connectivity index (χ3n) is 5.26. The average Bonchev–Trinajstić information content (AvgIpc) is 3.21. The molecule has 1 amide bonds. The molecule has 1 aliphatic rings. The van der Waals surface area contributed by atoms with Gasteiger partial charge in [-0.3, -0.25) is 14.3 Å². The first kappa shape index (κ1) is 22.8. The van der Waals surface area contributed by atoms with E-state index < -0.39 is 0 Å². The van der Waals surface area contributed by atoms with E-state index in [0.29, 0.717) is 16.7 Å². The van der Waals surface area contributed by atoms with Gasteiger partial charge in [0.25, 0.3) is 0 Å². The summed E-state index contributed by atoms with van der Waals surface area (Å²) >= 11 is 7.46. The van der Waals surface area contributed by atoms with E-state index in [2.05, 4.69) is 20.4 Å². The Balaban J connectivity index is 1.47. The molecule has 2 aromatic carbocycles. The molecule has 1 saturated heterocycles. The number of thioether (sulfide) groups is 1. The van der Waals surface area contributed by atoms with Crippen molar-refractivity contribution in [3.05, 3.63) is 71.0 Å². The molecule has 168 valence electrons. The summed E-state index contributed by atoms with van der Waals surface area (Å²) < 4.78 is 7.46. The maximum atomic E-state index is 12.6. The van der Waals surface area contributed by atoms with Crippen molar-refractivity contribution in [1.29, 1.82) is 0 Å². The normalized spacial score (nSPS) is 15.4. The maximum Gasteiger partial charge on any atom is 0.230 e. The molecule has 1 aliphatic heterocycles. The van der Waals surface area contributed by atoms with Crippen LogP contribution in [-0.4, -0.2) is 57.6 Å². The van der Waals surface area contributed by atoms with Crippen LogP contribution in [0.15, 0.2) is 59.8 Å². The molecule has 0 saturated carbocycles. The summed E-state index contributed by atoms with van der Waals surface area (Å²) in [5.74, 6) is 1.03. The second-order valence-corrected chi connectivity index (χ2v) is 8.97. The fraction of sp³-hybridized carbons (Fsp3) is 0.348. The highest BCUT2D eigenvalue weighted by atomic mass is 35.5. The average molecular weight is 472 g/mol. The van der Waals surface area contributed by atoms with Crippen LogP contribution >= 0.6 is 23.4 Å². The van der Waals surface area contributed by atoms with Crippen molar-refractivity contribution in [2.24, 2.45) is 0 Å². The molecule has 1 fully saturated rings. The molecule has 0 aliphatic carbocycles. The largest absolute Gasteiger partial charge is 0.379 e. The lowest BCUT2D eigenvalue weighted by Crippen LogP contribution is -2.36. The molecule has 1 N–H and O–H groups in total. The number of carbonyl (C=O) groups excluding carboxylic acids is 1. The van der Waals surface area contributed by atoms with Crippen LogP contribution in [0.4, 0.5) is 0 Å². The third kappa shape index (κ3) is 5.89. The van der Waals surface area contributed by atoms with Crippen molar-refractivity contribution in [2.45, 2.75) is 24.7 Å². The first-order valence-electron chi connectivity index (χ1n) is 10.6. The van der Waals surface area contributed by atoms with Crippen molar-refractivity contribution >= 4 is 29.3 Å². The van der Waals surface area contributed by atoms with Gasteiger partial charge in [-0.2, -0.15) is 0 Å². The molecule has 0 radical (unpaired) electrons. The van der Waals surface area contributed by atoms with E-state index in [-0.39, 0.29) is 17.7 Å². The van der Waals surface area contributed by atoms with Crippen LogP contribution in [0.25, 0.3) is 5.69 Å². The molecule has 2 heterocycles. The van der Waals surface area contributed by atoms with E-state index in [1.807, 2.05) is 66.1 Å². The number of amides is 1. The van der Waals surface area contributed by atoms with Crippen molar-refractivity contribution in [2.75, 3.05) is 32.1 Å². The number of morpholine rings is 1. The minimum Gasteiger partial charge on any atom is -0.379 e. The standard InChI is InChI=1S/C23H26ClN5O2S/c1-17(18-5-3-2-4-6-18)25-22(30)16-32-23-27-26-21(15-28-11-13-31-14-12-28)29(23)20-9-7-19(24)8-10-20/h2-10,17H,11-16H2,1H3,(H,25,30)/t17-/m0/s1. The van der Waals surface area contributed by atoms with Crippen LogP contribution in [0.5, 0.6) is 0 Å². The van der Waals surface area contributed by atoms with E-state index in [0.717, 1.165) is 43.4 Å². The Kier molecular flexibility index (Phi) is 7.81. The highest BCUT2D eigenvalue weighted by molar-refractivity contribution is 7.99. The fourth-order valence-electron chi connectivity index (χ4n) is 3.54. The first-order valence-corrected chi connectivity index (χ1v) is 11.9. The van der Waals surface area contributed by atoms with Crippen LogP contribution in [0.2, 0.25) is 5.02 Å². The number of ether oxygens (including phenoxy) is 1. The predicted molar refractivity (Wildman–Crippen MR) is 126 cm³/mol. The fourth-order valence-corrected chi connectivity index (χ4v) is 4.45. The number of benzene rings is 2. The van der Waals surface area contributed by atoms with Gasteiger partial charge in [0.2, 0.25) is 5.91 Å². The van der Waals surface area contributed by atoms with Gasteiger partial charge in [-0.05, 0) is 36.8 Å². The molecule has 0 spiro atoms. The van der Waals surface area contributed by atoms with E-state index in [4.69, 9.17) is 16.3 Å². The lowest BCUT2D eigenvalue weighted by molar-refractivity contribution is -0.119. The summed E-state index contributed by atoms with van der Waals surface area (Å²) in [6.45, 7) is 5.80. The molecular formula is C23H26ClN5O2S. The lowest BCUT2D eigenvalue weighted by atomic mass is 10.1. The summed E-state index contributed by atoms with van der Waals surface area (Å²) in [6, 6.07) is 17.4. The van der Waals surface area contributed by atoms with Crippen molar-refractivity contribution in [3.63, 3.8) is 0 Å². The van der Waals surface area contributed by atoms with Crippen LogP contribution < -0.4 is 5.32 Å². The van der Waals surface area contributed by atoms with E-state index in [9.17, 15) is 4.79 Å². The Labute approximate surface area is 197 Å². The van der Waals surface area contributed by atoms with Gasteiger partial charge in [-0.1, -0.05) is 53.7 Å². The molecule has 4 rings (SSSR count). The molecule has 0 bridgehead atoms. The van der Waals surface area contributed by atoms with E-state index in [1.54, 1.807) is 0 Å². The molecule has 1 atom stereocenters. The van der Waals surface area contributed by atoms with Gasteiger partial charge in [0.05, 0.1) is 31.6 Å². The van der Waals surface area contributed by atoms with Crippen molar-refractivity contribution in [3.8, 4) is 5.69 Å².